The second-order valence-corrected chi connectivity index (χ2v) is 5.38. The van der Waals surface area contributed by atoms with E-state index in [1.165, 1.54) is 11.3 Å². The molecule has 1 amide bonds. The van der Waals surface area contributed by atoms with E-state index in [9.17, 15) is 4.79 Å². The number of thiazole rings is 1. The third-order valence-electron chi connectivity index (χ3n) is 3.10. The van der Waals surface area contributed by atoms with Crippen molar-refractivity contribution in [2.24, 2.45) is 5.73 Å². The Labute approximate surface area is 117 Å². The van der Waals surface area contributed by atoms with Crippen LogP contribution in [0.3, 0.4) is 0 Å². The lowest BCUT2D eigenvalue weighted by molar-refractivity contribution is 0.0647. The van der Waals surface area contributed by atoms with Gasteiger partial charge in [-0.2, -0.15) is 0 Å². The van der Waals surface area contributed by atoms with Crippen molar-refractivity contribution in [3.63, 3.8) is 0 Å². The van der Waals surface area contributed by atoms with Crippen molar-refractivity contribution < 1.29 is 4.79 Å². The largest absolute Gasteiger partial charge is 0.335 e. The van der Waals surface area contributed by atoms with Crippen LogP contribution in [0.15, 0.2) is 5.38 Å². The highest BCUT2D eigenvalue weighted by atomic mass is 32.1. The molecule has 2 heterocycles. The number of rotatable bonds is 4. The smallest absolute Gasteiger partial charge is 0.273 e. The third kappa shape index (κ3) is 3.53. The number of carbonyl (C=O) groups is 1. The van der Waals surface area contributed by atoms with Gasteiger partial charge in [0, 0.05) is 38.0 Å². The molecule has 2 rings (SSSR count). The van der Waals surface area contributed by atoms with Gasteiger partial charge in [-0.1, -0.05) is 5.92 Å². The molecular formula is C13H18N4OS. The lowest BCUT2D eigenvalue weighted by atomic mass is 10.3. The fraction of sp³-hybridized carbons (Fsp3) is 0.538. The van der Waals surface area contributed by atoms with E-state index >= 15 is 0 Å². The second-order valence-electron chi connectivity index (χ2n) is 4.44. The number of terminal acetylenes is 1. The van der Waals surface area contributed by atoms with E-state index < -0.39 is 0 Å². The number of carbonyl (C=O) groups excluding carboxylic acids is 1. The standard InChI is InChI=1S/C13H18N4OS/c1-2-5-16-6-8-17(9-7-16)13(18)11-10-19-12(15-11)3-4-14/h1,10H,3-9,14H2. The van der Waals surface area contributed by atoms with E-state index in [-0.39, 0.29) is 5.91 Å². The zero-order valence-corrected chi connectivity index (χ0v) is 11.7. The highest BCUT2D eigenvalue weighted by Crippen LogP contribution is 2.13. The molecule has 1 aliphatic rings. The van der Waals surface area contributed by atoms with E-state index in [0.29, 0.717) is 31.9 Å². The molecule has 1 aromatic heterocycles. The highest BCUT2D eigenvalue weighted by Gasteiger charge is 2.23. The van der Waals surface area contributed by atoms with Gasteiger partial charge in [0.25, 0.3) is 5.91 Å². The molecule has 0 saturated carbocycles. The first kappa shape index (κ1) is 14.0. The molecule has 2 N–H and O–H groups in total. The number of hydrogen-bond donors (Lipinski definition) is 1. The molecule has 0 radical (unpaired) electrons. The summed E-state index contributed by atoms with van der Waals surface area (Å²) in [5.41, 5.74) is 6.02. The molecule has 0 spiro atoms. The maximum absolute atomic E-state index is 12.3. The Hall–Kier alpha value is -1.42. The van der Waals surface area contributed by atoms with Crippen LogP contribution < -0.4 is 5.73 Å². The first-order valence-electron chi connectivity index (χ1n) is 6.34. The van der Waals surface area contributed by atoms with Gasteiger partial charge in [-0.25, -0.2) is 4.98 Å². The Bertz CT molecular complexity index is 471. The Morgan fingerprint density at radius 2 is 2.21 bits per heavy atom. The number of nitrogens with zero attached hydrogens (tertiary/aromatic N) is 3. The predicted octanol–water partition coefficient (Wildman–Crippen LogP) is 0.0353. The monoisotopic (exact) mass is 278 g/mol. The summed E-state index contributed by atoms with van der Waals surface area (Å²) in [7, 11) is 0. The normalized spacial score (nSPS) is 16.3. The molecule has 102 valence electrons. The van der Waals surface area contributed by atoms with E-state index in [2.05, 4.69) is 15.8 Å². The molecule has 6 heteroatoms. The highest BCUT2D eigenvalue weighted by molar-refractivity contribution is 7.09. The van der Waals surface area contributed by atoms with Gasteiger partial charge in [-0.15, -0.1) is 17.8 Å². The minimum Gasteiger partial charge on any atom is -0.335 e. The quantitative estimate of drug-likeness (QED) is 0.790. The van der Waals surface area contributed by atoms with Crippen molar-refractivity contribution in [1.82, 2.24) is 14.8 Å². The zero-order valence-electron chi connectivity index (χ0n) is 10.8. The van der Waals surface area contributed by atoms with Crippen LogP contribution in [0, 0.1) is 12.3 Å². The maximum atomic E-state index is 12.3. The molecule has 0 aromatic carbocycles. The van der Waals surface area contributed by atoms with E-state index in [1.54, 1.807) is 0 Å². The Balaban J connectivity index is 1.91. The third-order valence-corrected chi connectivity index (χ3v) is 4.01. The number of aromatic nitrogens is 1. The molecule has 0 atom stereocenters. The number of hydrogen-bond acceptors (Lipinski definition) is 5. The van der Waals surface area contributed by atoms with Crippen molar-refractivity contribution in [2.75, 3.05) is 39.3 Å². The number of piperazine rings is 1. The van der Waals surface area contributed by atoms with E-state index in [0.717, 1.165) is 24.5 Å². The fourth-order valence-corrected chi connectivity index (χ4v) is 2.84. The molecule has 1 aromatic rings. The molecule has 1 saturated heterocycles. The second kappa shape index (κ2) is 6.66. The molecule has 1 aliphatic heterocycles. The Morgan fingerprint density at radius 3 is 2.84 bits per heavy atom. The van der Waals surface area contributed by atoms with Crippen LogP contribution in [0.1, 0.15) is 15.5 Å². The van der Waals surface area contributed by atoms with Gasteiger partial charge in [0.05, 0.1) is 11.6 Å². The van der Waals surface area contributed by atoms with Crippen LogP contribution in [-0.2, 0) is 6.42 Å². The van der Waals surface area contributed by atoms with Crippen LogP contribution in [0.4, 0.5) is 0 Å². The molecule has 0 bridgehead atoms. The minimum atomic E-state index is 0.0138. The zero-order chi connectivity index (χ0) is 13.7. The Kier molecular flexibility index (Phi) is 4.91. The van der Waals surface area contributed by atoms with Gasteiger partial charge in [-0.05, 0) is 6.54 Å². The molecule has 19 heavy (non-hydrogen) atoms. The number of nitrogens with two attached hydrogens (primary N) is 1. The topological polar surface area (TPSA) is 62.5 Å². The summed E-state index contributed by atoms with van der Waals surface area (Å²) < 4.78 is 0. The van der Waals surface area contributed by atoms with E-state index in [4.69, 9.17) is 12.2 Å². The van der Waals surface area contributed by atoms with Crippen molar-refractivity contribution in [3.05, 3.63) is 16.1 Å². The van der Waals surface area contributed by atoms with Crippen molar-refractivity contribution >= 4 is 17.2 Å². The lowest BCUT2D eigenvalue weighted by Crippen LogP contribution is -2.48. The summed E-state index contributed by atoms with van der Waals surface area (Å²) >= 11 is 1.50. The molecule has 0 aliphatic carbocycles. The van der Waals surface area contributed by atoms with Gasteiger partial charge in [0.15, 0.2) is 0 Å². The first-order chi connectivity index (χ1) is 9.24. The SMILES string of the molecule is C#CCN1CCN(C(=O)c2csc(CCN)n2)CC1. The van der Waals surface area contributed by atoms with Crippen LogP contribution >= 0.6 is 11.3 Å². The average molecular weight is 278 g/mol. The summed E-state index contributed by atoms with van der Waals surface area (Å²) in [5, 5.41) is 2.75. The van der Waals surface area contributed by atoms with Crippen LogP contribution in [-0.4, -0.2) is 60.0 Å². The molecule has 5 nitrogen and oxygen atoms in total. The van der Waals surface area contributed by atoms with Gasteiger partial charge < -0.3 is 10.6 Å². The summed E-state index contributed by atoms with van der Waals surface area (Å²) in [6, 6.07) is 0. The van der Waals surface area contributed by atoms with Gasteiger partial charge in [0.1, 0.15) is 5.69 Å². The average Bonchev–Trinajstić information content (AvgIpc) is 2.88. The van der Waals surface area contributed by atoms with Crippen molar-refractivity contribution in [2.45, 2.75) is 6.42 Å². The van der Waals surface area contributed by atoms with Crippen LogP contribution in [0.25, 0.3) is 0 Å². The Morgan fingerprint density at radius 1 is 1.47 bits per heavy atom. The molecular weight excluding hydrogens is 260 g/mol. The van der Waals surface area contributed by atoms with Crippen LogP contribution in [0.5, 0.6) is 0 Å². The van der Waals surface area contributed by atoms with Crippen molar-refractivity contribution in [1.29, 1.82) is 0 Å². The van der Waals surface area contributed by atoms with Crippen LogP contribution in [0.2, 0.25) is 0 Å². The summed E-state index contributed by atoms with van der Waals surface area (Å²) in [6.07, 6.45) is 6.02. The lowest BCUT2D eigenvalue weighted by Gasteiger charge is -2.33. The summed E-state index contributed by atoms with van der Waals surface area (Å²) in [6.45, 7) is 4.30. The number of amides is 1. The fourth-order valence-electron chi connectivity index (χ4n) is 2.05. The van der Waals surface area contributed by atoms with E-state index in [1.807, 2.05) is 10.3 Å². The predicted molar refractivity (Wildman–Crippen MR) is 76.0 cm³/mol. The molecule has 0 unspecified atom stereocenters. The summed E-state index contributed by atoms with van der Waals surface area (Å²) in [4.78, 5) is 20.6. The van der Waals surface area contributed by atoms with Gasteiger partial charge in [-0.3, -0.25) is 9.69 Å². The summed E-state index contributed by atoms with van der Waals surface area (Å²) in [5.74, 6) is 2.64. The molecule has 1 fully saturated rings. The minimum absolute atomic E-state index is 0.0138. The maximum Gasteiger partial charge on any atom is 0.273 e. The van der Waals surface area contributed by atoms with Gasteiger partial charge >= 0.3 is 0 Å². The first-order valence-corrected chi connectivity index (χ1v) is 7.22. The van der Waals surface area contributed by atoms with Gasteiger partial charge in [0.2, 0.25) is 0 Å². The van der Waals surface area contributed by atoms with Crippen molar-refractivity contribution in [3.8, 4) is 12.3 Å².